The first-order valence-corrected chi connectivity index (χ1v) is 12.9. The van der Waals surface area contributed by atoms with Crippen molar-refractivity contribution in [1.29, 1.82) is 0 Å². The van der Waals surface area contributed by atoms with Crippen LogP contribution in [0.15, 0.2) is 57.1 Å². The molecule has 4 rings (SSSR count). The number of hydrogen-bond acceptors (Lipinski definition) is 5. The van der Waals surface area contributed by atoms with Crippen molar-refractivity contribution in [2.75, 3.05) is 26.2 Å². The van der Waals surface area contributed by atoms with Crippen molar-refractivity contribution in [2.24, 2.45) is 0 Å². The maximum atomic E-state index is 12.9. The van der Waals surface area contributed by atoms with Crippen LogP contribution in [0.2, 0.25) is 0 Å². The summed E-state index contributed by atoms with van der Waals surface area (Å²) in [5, 5.41) is 0. The molecule has 1 amide bonds. The molecule has 0 spiro atoms. The molecule has 0 saturated carbocycles. The fraction of sp³-hybridized carbons (Fsp3) is 0.435. The number of carbonyl (C=O) groups excluding carboxylic acids is 1. The number of piperidine rings is 1. The SMILES string of the molecule is CCN(CC)S(=O)(=O)c1ccc(=O)n(CC(=O)N2CCC(n3c(=O)[nH]c4ccccc43)CC2)c1. The number of rotatable bonds is 7. The van der Waals surface area contributed by atoms with Gasteiger partial charge in [0.25, 0.3) is 5.56 Å². The predicted molar refractivity (Wildman–Crippen MR) is 128 cm³/mol. The molecule has 0 unspecified atom stereocenters. The van der Waals surface area contributed by atoms with Crippen molar-refractivity contribution >= 4 is 27.0 Å². The standard InChI is InChI=1S/C23H29N5O5S/c1-3-27(4-2)34(32,33)18-9-10-21(29)26(15-18)16-22(30)25-13-11-17(12-14-25)28-20-8-6-5-7-19(20)24-23(28)31/h5-10,15,17H,3-4,11-14,16H2,1-2H3,(H,24,31). The van der Waals surface area contributed by atoms with E-state index in [0.717, 1.165) is 15.6 Å². The first-order chi connectivity index (χ1) is 16.3. The smallest absolute Gasteiger partial charge is 0.326 e. The van der Waals surface area contributed by atoms with Gasteiger partial charge < -0.3 is 14.5 Å². The van der Waals surface area contributed by atoms with Crippen LogP contribution >= 0.6 is 0 Å². The third kappa shape index (κ3) is 4.45. The van der Waals surface area contributed by atoms with E-state index in [1.807, 2.05) is 24.3 Å². The van der Waals surface area contributed by atoms with Crippen LogP contribution in [0, 0.1) is 0 Å². The van der Waals surface area contributed by atoms with E-state index in [4.69, 9.17) is 0 Å². The Morgan fingerprint density at radius 2 is 1.74 bits per heavy atom. The highest BCUT2D eigenvalue weighted by molar-refractivity contribution is 7.89. The van der Waals surface area contributed by atoms with Gasteiger partial charge in [-0.1, -0.05) is 26.0 Å². The summed E-state index contributed by atoms with van der Waals surface area (Å²) in [4.78, 5) is 42.3. The molecular weight excluding hydrogens is 458 g/mol. The van der Waals surface area contributed by atoms with Crippen molar-refractivity contribution in [3.8, 4) is 0 Å². The Morgan fingerprint density at radius 1 is 1.06 bits per heavy atom. The van der Waals surface area contributed by atoms with E-state index in [1.165, 1.54) is 22.6 Å². The summed E-state index contributed by atoms with van der Waals surface area (Å²) >= 11 is 0. The van der Waals surface area contributed by atoms with E-state index in [9.17, 15) is 22.8 Å². The van der Waals surface area contributed by atoms with Gasteiger partial charge in [0.05, 0.1) is 15.9 Å². The summed E-state index contributed by atoms with van der Waals surface area (Å²) in [6, 6.07) is 9.94. The van der Waals surface area contributed by atoms with E-state index in [1.54, 1.807) is 23.3 Å². The van der Waals surface area contributed by atoms with Crippen molar-refractivity contribution in [3.05, 3.63) is 63.4 Å². The molecule has 0 aliphatic carbocycles. The van der Waals surface area contributed by atoms with Gasteiger partial charge in [0.2, 0.25) is 15.9 Å². The van der Waals surface area contributed by atoms with Gasteiger partial charge in [0.1, 0.15) is 6.54 Å². The molecular formula is C23H29N5O5S. The summed E-state index contributed by atoms with van der Waals surface area (Å²) in [5.74, 6) is -0.260. The van der Waals surface area contributed by atoms with Gasteiger partial charge in [-0.3, -0.25) is 14.2 Å². The quantitative estimate of drug-likeness (QED) is 0.540. The Labute approximate surface area is 197 Å². The van der Waals surface area contributed by atoms with Gasteiger partial charge >= 0.3 is 5.69 Å². The third-order valence-electron chi connectivity index (χ3n) is 6.41. The van der Waals surface area contributed by atoms with Gasteiger partial charge in [0, 0.05) is 44.5 Å². The largest absolute Gasteiger partial charge is 0.341 e. The molecule has 3 heterocycles. The van der Waals surface area contributed by atoms with Crippen LogP contribution in [0.5, 0.6) is 0 Å². The van der Waals surface area contributed by atoms with E-state index < -0.39 is 15.6 Å². The fourth-order valence-corrected chi connectivity index (χ4v) is 6.03. The number of hydrogen-bond donors (Lipinski definition) is 1. The number of nitrogens with zero attached hydrogens (tertiary/aromatic N) is 4. The molecule has 10 nitrogen and oxygen atoms in total. The molecule has 182 valence electrons. The second-order valence-corrected chi connectivity index (χ2v) is 10.3. The highest BCUT2D eigenvalue weighted by atomic mass is 32.2. The van der Waals surface area contributed by atoms with E-state index in [2.05, 4.69) is 4.98 Å². The number of nitrogens with one attached hydrogen (secondary N) is 1. The molecule has 11 heteroatoms. The molecule has 2 aromatic heterocycles. The minimum absolute atomic E-state index is 0.0129. The van der Waals surface area contributed by atoms with Gasteiger partial charge in [0.15, 0.2) is 0 Å². The van der Waals surface area contributed by atoms with Gasteiger partial charge in [-0.15, -0.1) is 0 Å². The van der Waals surface area contributed by atoms with Crippen LogP contribution in [0.1, 0.15) is 32.7 Å². The van der Waals surface area contributed by atoms with Crippen molar-refractivity contribution in [3.63, 3.8) is 0 Å². The zero-order chi connectivity index (χ0) is 24.5. The van der Waals surface area contributed by atoms with Gasteiger partial charge in [-0.2, -0.15) is 4.31 Å². The Bertz CT molecular complexity index is 1410. The molecule has 0 atom stereocenters. The molecule has 1 saturated heterocycles. The number of imidazole rings is 1. The first kappa shape index (κ1) is 24.0. The second-order valence-electron chi connectivity index (χ2n) is 8.35. The average Bonchev–Trinajstić information content (AvgIpc) is 3.16. The number of H-pyrrole nitrogens is 1. The monoisotopic (exact) mass is 487 g/mol. The number of fused-ring (bicyclic) bond motifs is 1. The number of sulfonamides is 1. The van der Waals surface area contributed by atoms with Gasteiger partial charge in [-0.25, -0.2) is 13.2 Å². The third-order valence-corrected chi connectivity index (χ3v) is 8.44. The summed E-state index contributed by atoms with van der Waals surface area (Å²) in [7, 11) is -3.74. The maximum Gasteiger partial charge on any atom is 0.326 e. The van der Waals surface area contributed by atoms with Crippen molar-refractivity contribution in [2.45, 2.75) is 44.2 Å². The first-order valence-electron chi connectivity index (χ1n) is 11.4. The number of aromatic nitrogens is 3. The number of likely N-dealkylation sites (tertiary alicyclic amines) is 1. The second kappa shape index (κ2) is 9.59. The molecule has 3 aromatic rings. The summed E-state index contributed by atoms with van der Waals surface area (Å²) in [6.45, 7) is 4.77. The molecule has 1 N–H and O–H groups in total. The molecule has 0 bridgehead atoms. The maximum absolute atomic E-state index is 12.9. The topological polar surface area (TPSA) is 117 Å². The van der Waals surface area contributed by atoms with Gasteiger partial charge in [-0.05, 0) is 31.0 Å². The lowest BCUT2D eigenvalue weighted by atomic mass is 10.0. The van der Waals surface area contributed by atoms with Crippen LogP contribution in [-0.2, 0) is 21.4 Å². The molecule has 34 heavy (non-hydrogen) atoms. The fourth-order valence-electron chi connectivity index (χ4n) is 4.55. The normalized spacial score (nSPS) is 15.3. The molecule has 1 aliphatic rings. The lowest BCUT2D eigenvalue weighted by Gasteiger charge is -2.32. The zero-order valence-corrected chi connectivity index (χ0v) is 20.1. The van der Waals surface area contributed by atoms with Crippen LogP contribution in [-0.4, -0.2) is 63.8 Å². The Balaban J connectivity index is 1.47. The Hall–Kier alpha value is -3.18. The van der Waals surface area contributed by atoms with E-state index in [-0.39, 0.29) is 29.1 Å². The number of aromatic amines is 1. The van der Waals surface area contributed by atoms with Crippen molar-refractivity contribution < 1.29 is 13.2 Å². The number of pyridine rings is 1. The minimum atomic E-state index is -3.74. The molecule has 1 aromatic carbocycles. The number of carbonyl (C=O) groups is 1. The van der Waals surface area contributed by atoms with Crippen LogP contribution in [0.4, 0.5) is 0 Å². The number of para-hydroxylation sites is 2. The van der Waals surface area contributed by atoms with E-state index >= 15 is 0 Å². The van der Waals surface area contributed by atoms with Crippen LogP contribution in [0.3, 0.4) is 0 Å². The zero-order valence-electron chi connectivity index (χ0n) is 19.3. The summed E-state index contributed by atoms with van der Waals surface area (Å²) in [6.07, 6.45) is 2.46. The molecule has 0 radical (unpaired) electrons. The number of amides is 1. The highest BCUT2D eigenvalue weighted by Crippen LogP contribution is 2.25. The predicted octanol–water partition coefficient (Wildman–Crippen LogP) is 1.39. The lowest BCUT2D eigenvalue weighted by molar-refractivity contribution is -0.133. The van der Waals surface area contributed by atoms with Crippen LogP contribution in [0.25, 0.3) is 11.0 Å². The van der Waals surface area contributed by atoms with Crippen LogP contribution < -0.4 is 11.2 Å². The lowest BCUT2D eigenvalue weighted by Crippen LogP contribution is -2.43. The average molecular weight is 488 g/mol. The number of benzene rings is 1. The summed E-state index contributed by atoms with van der Waals surface area (Å²) in [5.41, 5.74) is 1.02. The minimum Gasteiger partial charge on any atom is -0.341 e. The Morgan fingerprint density at radius 3 is 2.41 bits per heavy atom. The highest BCUT2D eigenvalue weighted by Gasteiger charge is 2.27. The molecule has 1 aliphatic heterocycles. The van der Waals surface area contributed by atoms with E-state index in [0.29, 0.717) is 39.0 Å². The molecule has 1 fully saturated rings. The summed E-state index contributed by atoms with van der Waals surface area (Å²) < 4.78 is 29.8. The Kier molecular flexibility index (Phi) is 6.76. The van der Waals surface area contributed by atoms with Crippen molar-refractivity contribution in [1.82, 2.24) is 23.3 Å².